The molecule has 0 saturated heterocycles. The van der Waals surface area contributed by atoms with E-state index in [9.17, 15) is 0 Å². The Hall–Kier alpha value is -4.57. The van der Waals surface area contributed by atoms with E-state index < -0.39 is 11.7 Å². The molecule has 1 heterocycles. The lowest BCUT2D eigenvalue weighted by atomic mass is 9.69. The number of nitrogens with zero attached hydrogens (tertiary/aromatic N) is 1. The number of hydrogen-bond acceptors (Lipinski definition) is 0. The summed E-state index contributed by atoms with van der Waals surface area (Å²) in [5.74, 6) is 0.388. The molecule has 0 amide bonds. The third kappa shape index (κ3) is 6.00. The Kier molecular flexibility index (Phi) is 8.33. The maximum Gasteiger partial charge on any atom is 0.418 e. The molecule has 0 spiro atoms. The first-order valence-corrected chi connectivity index (χ1v) is 17.4. The van der Waals surface area contributed by atoms with E-state index in [1.54, 1.807) is 22.8 Å². The van der Waals surface area contributed by atoms with E-state index >= 15 is 13.2 Å². The van der Waals surface area contributed by atoms with Gasteiger partial charge < -0.3 is 4.57 Å². The van der Waals surface area contributed by atoms with Crippen molar-refractivity contribution in [1.82, 2.24) is 4.57 Å². The summed E-state index contributed by atoms with van der Waals surface area (Å²) >= 11 is 0. The Balaban J connectivity index is 1.34. The second-order valence-electron chi connectivity index (χ2n) is 15.0. The largest absolute Gasteiger partial charge is 0.418 e. The highest BCUT2D eigenvalue weighted by molar-refractivity contribution is 5.88. The molecule has 2 unspecified atom stereocenters. The number of rotatable bonds is 7. The van der Waals surface area contributed by atoms with Crippen molar-refractivity contribution >= 4 is 16.5 Å². The number of hydrogen-bond donors (Lipinski definition) is 0. The van der Waals surface area contributed by atoms with Crippen LogP contribution in [-0.4, -0.2) is 4.57 Å². The van der Waals surface area contributed by atoms with Crippen LogP contribution in [0, 0.1) is 11.8 Å². The molecule has 2 atom stereocenters. The molecule has 2 aliphatic carbocycles. The van der Waals surface area contributed by atoms with Crippen molar-refractivity contribution in [2.75, 3.05) is 0 Å². The Labute approximate surface area is 288 Å². The number of para-hydroxylation sites is 1. The van der Waals surface area contributed by atoms with Gasteiger partial charge in [-0.3, -0.25) is 0 Å². The quantitative estimate of drug-likeness (QED) is 0.164. The van der Waals surface area contributed by atoms with E-state index in [4.69, 9.17) is 0 Å². The predicted molar refractivity (Wildman–Crippen MR) is 197 cm³/mol. The van der Waals surface area contributed by atoms with Crippen LogP contribution < -0.4 is 0 Å². The SMILES string of the molecule is CC1C=CC(C(C)(C)c2cn(-c3cccc(CC4C=C(C(C)(C)c5ccccc5)c5ccccc5C4)c3C(F)(F)F)c3ccccc23)=CC1. The molecule has 0 radical (unpaired) electrons. The van der Waals surface area contributed by atoms with Gasteiger partial charge in [0, 0.05) is 22.4 Å². The van der Waals surface area contributed by atoms with Crippen molar-refractivity contribution in [2.45, 2.75) is 70.9 Å². The maximum absolute atomic E-state index is 15.4. The summed E-state index contributed by atoms with van der Waals surface area (Å²) in [6.07, 6.45) is 8.29. The lowest BCUT2D eigenvalue weighted by Gasteiger charge is -2.35. The minimum atomic E-state index is -4.54. The number of aromatic nitrogens is 1. The average molecular weight is 656 g/mol. The summed E-state index contributed by atoms with van der Waals surface area (Å²) in [4.78, 5) is 0. The summed E-state index contributed by atoms with van der Waals surface area (Å²) < 4.78 is 48.0. The van der Waals surface area contributed by atoms with E-state index in [2.05, 4.69) is 89.3 Å². The van der Waals surface area contributed by atoms with Crippen molar-refractivity contribution in [3.8, 4) is 5.69 Å². The topological polar surface area (TPSA) is 4.93 Å². The molecule has 7 rings (SSSR count). The highest BCUT2D eigenvalue weighted by Crippen LogP contribution is 2.46. The molecule has 4 aromatic carbocycles. The highest BCUT2D eigenvalue weighted by atomic mass is 19.4. The fourth-order valence-corrected chi connectivity index (χ4v) is 8.10. The normalized spacial score (nSPS) is 18.3. The molecule has 1 nitrogen and oxygen atoms in total. The first-order valence-electron chi connectivity index (χ1n) is 17.4. The molecule has 49 heavy (non-hydrogen) atoms. The van der Waals surface area contributed by atoms with Crippen molar-refractivity contribution in [3.05, 3.63) is 167 Å². The van der Waals surface area contributed by atoms with Crippen LogP contribution in [0.1, 0.15) is 74.4 Å². The molecule has 2 aliphatic rings. The van der Waals surface area contributed by atoms with Gasteiger partial charge in [0.15, 0.2) is 0 Å². The number of allylic oxidation sites excluding steroid dienone is 6. The number of fused-ring (bicyclic) bond motifs is 2. The molecule has 4 heteroatoms. The van der Waals surface area contributed by atoms with Crippen LogP contribution in [0.4, 0.5) is 13.2 Å². The van der Waals surface area contributed by atoms with Crippen LogP contribution in [0.2, 0.25) is 0 Å². The Morgan fingerprint density at radius 1 is 0.776 bits per heavy atom. The predicted octanol–water partition coefficient (Wildman–Crippen LogP) is 12.2. The molecular formula is C45H44F3N. The third-order valence-corrected chi connectivity index (χ3v) is 10.9. The average Bonchev–Trinajstić information content (AvgIpc) is 3.48. The second kappa shape index (κ2) is 12.4. The smallest absolute Gasteiger partial charge is 0.316 e. The van der Waals surface area contributed by atoms with Crippen LogP contribution >= 0.6 is 0 Å². The molecule has 0 fully saturated rings. The van der Waals surface area contributed by atoms with Gasteiger partial charge >= 0.3 is 6.18 Å². The fraction of sp³-hybridized carbons (Fsp3) is 0.289. The van der Waals surface area contributed by atoms with Gasteiger partial charge in [-0.2, -0.15) is 13.2 Å². The zero-order valence-electron chi connectivity index (χ0n) is 29.0. The summed E-state index contributed by atoms with van der Waals surface area (Å²) in [7, 11) is 0. The minimum Gasteiger partial charge on any atom is -0.316 e. The second-order valence-corrected chi connectivity index (χ2v) is 15.0. The van der Waals surface area contributed by atoms with Gasteiger partial charge in [0.25, 0.3) is 0 Å². The summed E-state index contributed by atoms with van der Waals surface area (Å²) in [5, 5.41) is 0.971. The zero-order valence-corrected chi connectivity index (χ0v) is 29.0. The van der Waals surface area contributed by atoms with Gasteiger partial charge in [-0.25, -0.2) is 0 Å². The molecule has 0 bridgehead atoms. The number of benzene rings is 4. The van der Waals surface area contributed by atoms with Gasteiger partial charge in [-0.1, -0.05) is 144 Å². The van der Waals surface area contributed by atoms with E-state index in [0.29, 0.717) is 24.3 Å². The van der Waals surface area contributed by atoms with E-state index in [-0.39, 0.29) is 22.4 Å². The molecule has 0 N–H and O–H groups in total. The zero-order chi connectivity index (χ0) is 34.6. The van der Waals surface area contributed by atoms with Crippen molar-refractivity contribution in [3.63, 3.8) is 0 Å². The third-order valence-electron chi connectivity index (χ3n) is 10.9. The van der Waals surface area contributed by atoms with Crippen molar-refractivity contribution in [1.29, 1.82) is 0 Å². The lowest BCUT2D eigenvalue weighted by molar-refractivity contribution is -0.138. The summed E-state index contributed by atoms with van der Waals surface area (Å²) in [5.41, 5.74) is 6.94. The van der Waals surface area contributed by atoms with Gasteiger partial charge in [0.05, 0.1) is 16.8 Å². The van der Waals surface area contributed by atoms with Gasteiger partial charge in [0.2, 0.25) is 0 Å². The number of halogens is 3. The van der Waals surface area contributed by atoms with Gasteiger partial charge in [-0.15, -0.1) is 0 Å². The molecule has 250 valence electrons. The first kappa shape index (κ1) is 33.0. The Bertz CT molecular complexity index is 2100. The molecule has 1 aromatic heterocycles. The first-order chi connectivity index (χ1) is 23.4. The van der Waals surface area contributed by atoms with Gasteiger partial charge in [0.1, 0.15) is 0 Å². The number of alkyl halides is 3. The van der Waals surface area contributed by atoms with Crippen molar-refractivity contribution < 1.29 is 13.2 Å². The summed E-state index contributed by atoms with van der Waals surface area (Å²) in [6, 6.07) is 31.7. The van der Waals surface area contributed by atoms with Crippen molar-refractivity contribution in [2.24, 2.45) is 11.8 Å². The Morgan fingerprint density at radius 3 is 2.22 bits per heavy atom. The van der Waals surface area contributed by atoms with E-state index in [1.165, 1.54) is 27.8 Å². The van der Waals surface area contributed by atoms with E-state index in [1.807, 2.05) is 54.7 Å². The standard InChI is InChI=1S/C45H44F3N/c1-30-22-24-35(25-23-30)44(4,5)39-29-49(40-20-12-11-19-37(39)40)41-21-13-15-33(42(41)45(46,47)48)27-31-26-32-14-9-10-18-36(32)38(28-31)43(2,3)34-16-7-6-8-17-34/h6-22,24-25,28-31H,23,26-27H2,1-5H3. The van der Waals surface area contributed by atoms with Crippen LogP contribution in [0.15, 0.2) is 133 Å². The minimum absolute atomic E-state index is 0.0902. The van der Waals surface area contributed by atoms with E-state index in [0.717, 1.165) is 22.9 Å². The van der Waals surface area contributed by atoms with Crippen LogP contribution in [0.25, 0.3) is 22.2 Å². The maximum atomic E-state index is 15.4. The fourth-order valence-electron chi connectivity index (χ4n) is 8.10. The summed E-state index contributed by atoms with van der Waals surface area (Å²) in [6.45, 7) is 11.0. The molecule has 0 aliphatic heterocycles. The highest BCUT2D eigenvalue weighted by Gasteiger charge is 2.39. The van der Waals surface area contributed by atoms with Gasteiger partial charge in [-0.05, 0) is 82.2 Å². The lowest BCUT2D eigenvalue weighted by Crippen LogP contribution is -2.25. The van der Waals surface area contributed by atoms with Crippen LogP contribution in [0.3, 0.4) is 0 Å². The van der Waals surface area contributed by atoms with Crippen LogP contribution in [0.5, 0.6) is 0 Å². The van der Waals surface area contributed by atoms with Crippen LogP contribution in [-0.2, 0) is 29.8 Å². The monoisotopic (exact) mass is 655 g/mol. The molecule has 0 saturated carbocycles. The Morgan fingerprint density at radius 2 is 1.49 bits per heavy atom. The molecular weight excluding hydrogens is 611 g/mol. The molecule has 5 aromatic rings.